The minimum absolute atomic E-state index is 0.0229. The quantitative estimate of drug-likeness (QED) is 0.635. The van der Waals surface area contributed by atoms with Gasteiger partial charge in [-0.05, 0) is 31.0 Å². The van der Waals surface area contributed by atoms with Crippen molar-refractivity contribution in [3.05, 3.63) is 28.8 Å². The first kappa shape index (κ1) is 15.0. The van der Waals surface area contributed by atoms with Crippen molar-refractivity contribution in [2.75, 3.05) is 0 Å². The number of carbonyl (C=O) groups is 3. The molecule has 1 heterocycles. The third-order valence-corrected chi connectivity index (χ3v) is 3.55. The van der Waals surface area contributed by atoms with Gasteiger partial charge in [0.2, 0.25) is 11.7 Å². The second kappa shape index (κ2) is 5.55. The van der Waals surface area contributed by atoms with Gasteiger partial charge in [-0.25, -0.2) is 0 Å². The lowest BCUT2D eigenvalue weighted by Crippen LogP contribution is -2.30. The van der Waals surface area contributed by atoms with Crippen LogP contribution in [0.2, 0.25) is 0 Å². The van der Waals surface area contributed by atoms with Crippen LogP contribution >= 0.6 is 0 Å². The van der Waals surface area contributed by atoms with Gasteiger partial charge in [0, 0.05) is 12.3 Å². The van der Waals surface area contributed by atoms with E-state index in [2.05, 4.69) is 0 Å². The van der Waals surface area contributed by atoms with E-state index in [0.717, 1.165) is 5.56 Å². The molecule has 1 aliphatic rings. The molecule has 1 amide bonds. The Hall–Kier alpha value is -2.37. The number of ketones is 1. The number of ether oxygens (including phenoxy) is 1. The van der Waals surface area contributed by atoms with E-state index in [1.807, 2.05) is 0 Å². The number of hydrogen-bond acceptors (Lipinski definition) is 5. The molecule has 3 N–H and O–H groups in total. The van der Waals surface area contributed by atoms with Gasteiger partial charge in [-0.3, -0.25) is 14.4 Å². The third-order valence-electron chi connectivity index (χ3n) is 3.55. The number of amides is 1. The normalized spacial score (nSPS) is 21.1. The largest absolute Gasteiger partial charge is 0.507 e. The second-order valence-electron chi connectivity index (χ2n) is 5.39. The molecule has 1 aromatic carbocycles. The number of nitrogens with two attached hydrogens (primary N) is 1. The zero-order valence-corrected chi connectivity index (χ0v) is 11.9. The highest BCUT2D eigenvalue weighted by Gasteiger charge is 2.41. The highest BCUT2D eigenvalue weighted by atomic mass is 16.6. The number of cyclic esters (lactones) is 1. The predicted molar refractivity (Wildman–Crippen MR) is 73.7 cm³/mol. The Morgan fingerprint density at radius 2 is 2.05 bits per heavy atom. The summed E-state index contributed by atoms with van der Waals surface area (Å²) >= 11 is 0. The first-order valence-corrected chi connectivity index (χ1v) is 6.61. The van der Waals surface area contributed by atoms with Crippen LogP contribution in [0.3, 0.4) is 0 Å². The number of aromatic hydroxyl groups is 1. The van der Waals surface area contributed by atoms with Crippen molar-refractivity contribution in [3.63, 3.8) is 0 Å². The lowest BCUT2D eigenvalue weighted by atomic mass is 9.90. The number of phenols is 1. The number of benzene rings is 1. The molecule has 1 saturated heterocycles. The van der Waals surface area contributed by atoms with Crippen LogP contribution in [0.4, 0.5) is 0 Å². The first-order valence-electron chi connectivity index (χ1n) is 6.61. The molecule has 0 radical (unpaired) electrons. The second-order valence-corrected chi connectivity index (χ2v) is 5.39. The van der Waals surface area contributed by atoms with Crippen LogP contribution in [0, 0.1) is 19.8 Å². The van der Waals surface area contributed by atoms with E-state index in [1.54, 1.807) is 19.9 Å². The van der Waals surface area contributed by atoms with Crippen molar-refractivity contribution in [1.82, 2.24) is 0 Å². The van der Waals surface area contributed by atoms with Gasteiger partial charge in [0.05, 0.1) is 12.0 Å². The molecular formula is C15H17NO5. The van der Waals surface area contributed by atoms with E-state index < -0.39 is 29.7 Å². The molecule has 0 aromatic heterocycles. The van der Waals surface area contributed by atoms with Gasteiger partial charge in [-0.1, -0.05) is 6.07 Å². The molecule has 2 atom stereocenters. The van der Waals surface area contributed by atoms with Crippen molar-refractivity contribution < 1.29 is 24.2 Å². The maximum Gasteiger partial charge on any atom is 0.306 e. The van der Waals surface area contributed by atoms with Gasteiger partial charge in [0.25, 0.3) is 0 Å². The average Bonchev–Trinajstić information content (AvgIpc) is 2.73. The Kier molecular flexibility index (Phi) is 3.97. The topological polar surface area (TPSA) is 107 Å². The monoisotopic (exact) mass is 291 g/mol. The fourth-order valence-corrected chi connectivity index (χ4v) is 2.61. The van der Waals surface area contributed by atoms with Crippen molar-refractivity contribution in [2.24, 2.45) is 11.7 Å². The van der Waals surface area contributed by atoms with Crippen molar-refractivity contribution in [1.29, 1.82) is 0 Å². The molecule has 21 heavy (non-hydrogen) atoms. The van der Waals surface area contributed by atoms with E-state index in [4.69, 9.17) is 10.5 Å². The lowest BCUT2D eigenvalue weighted by molar-refractivity contribution is -0.140. The molecule has 2 unspecified atom stereocenters. The summed E-state index contributed by atoms with van der Waals surface area (Å²) in [5.74, 6) is -2.35. The molecule has 112 valence electrons. The molecule has 2 rings (SSSR count). The summed E-state index contributed by atoms with van der Waals surface area (Å²) in [5, 5.41) is 10.0. The standard InChI is InChI=1S/C15H17NO5/c1-7-3-8(2)13(19)10(4-7)14(20)15-9(5-11(16)17)6-12(18)21-15/h3-4,9,15,19H,5-6H2,1-2H3,(H2,16,17). The fourth-order valence-electron chi connectivity index (χ4n) is 2.61. The molecule has 0 bridgehead atoms. The molecule has 0 aliphatic carbocycles. The van der Waals surface area contributed by atoms with Crippen LogP contribution < -0.4 is 5.73 Å². The summed E-state index contributed by atoms with van der Waals surface area (Å²) in [5.41, 5.74) is 6.60. The average molecular weight is 291 g/mol. The highest BCUT2D eigenvalue weighted by Crippen LogP contribution is 2.32. The molecule has 1 aliphatic heterocycles. The number of Topliss-reactive ketones (excluding diaryl/α,β-unsaturated/α-hetero) is 1. The summed E-state index contributed by atoms with van der Waals surface area (Å²) in [6, 6.07) is 3.28. The highest BCUT2D eigenvalue weighted by molar-refractivity contribution is 6.04. The van der Waals surface area contributed by atoms with Crippen molar-refractivity contribution in [3.8, 4) is 5.75 Å². The maximum absolute atomic E-state index is 12.5. The van der Waals surface area contributed by atoms with E-state index >= 15 is 0 Å². The molecular weight excluding hydrogens is 274 g/mol. The number of carbonyl (C=O) groups excluding carboxylic acids is 3. The minimum Gasteiger partial charge on any atom is -0.507 e. The lowest BCUT2D eigenvalue weighted by Gasteiger charge is -2.16. The molecule has 6 nitrogen and oxygen atoms in total. The Balaban J connectivity index is 2.34. The SMILES string of the molecule is Cc1cc(C)c(O)c(C(=O)C2OC(=O)CC2CC(N)=O)c1. The van der Waals surface area contributed by atoms with Crippen LogP contribution in [0.25, 0.3) is 0 Å². The van der Waals surface area contributed by atoms with Crippen LogP contribution in [0.5, 0.6) is 5.75 Å². The fraction of sp³-hybridized carbons (Fsp3) is 0.400. The summed E-state index contributed by atoms with van der Waals surface area (Å²) in [4.78, 5) is 35.0. The summed E-state index contributed by atoms with van der Waals surface area (Å²) < 4.78 is 5.02. The number of phenolic OH excluding ortho intramolecular Hbond substituents is 1. The summed E-state index contributed by atoms with van der Waals surface area (Å²) in [6.07, 6.45) is -1.20. The van der Waals surface area contributed by atoms with Crippen LogP contribution in [0.1, 0.15) is 34.3 Å². The number of primary amides is 1. The predicted octanol–water partition coefficient (Wildman–Crippen LogP) is 0.999. The maximum atomic E-state index is 12.5. The van der Waals surface area contributed by atoms with Crippen LogP contribution in [-0.2, 0) is 14.3 Å². The molecule has 0 saturated carbocycles. The molecule has 6 heteroatoms. The molecule has 1 fully saturated rings. The minimum atomic E-state index is -1.07. The Morgan fingerprint density at radius 1 is 1.38 bits per heavy atom. The van der Waals surface area contributed by atoms with Crippen molar-refractivity contribution in [2.45, 2.75) is 32.8 Å². The van der Waals surface area contributed by atoms with E-state index in [-0.39, 0.29) is 24.2 Å². The zero-order chi connectivity index (χ0) is 15.7. The number of hydrogen-bond donors (Lipinski definition) is 2. The van der Waals surface area contributed by atoms with Gasteiger partial charge in [-0.2, -0.15) is 0 Å². The Labute approximate surface area is 121 Å². The number of rotatable bonds is 4. The summed E-state index contributed by atoms with van der Waals surface area (Å²) in [7, 11) is 0. The summed E-state index contributed by atoms with van der Waals surface area (Å²) in [6.45, 7) is 3.48. The number of esters is 1. The smallest absolute Gasteiger partial charge is 0.306 e. The molecule has 0 spiro atoms. The van der Waals surface area contributed by atoms with Gasteiger partial charge in [0.15, 0.2) is 6.10 Å². The van der Waals surface area contributed by atoms with Crippen LogP contribution in [-0.4, -0.2) is 28.9 Å². The van der Waals surface area contributed by atoms with Crippen molar-refractivity contribution >= 4 is 17.7 Å². The number of aryl methyl sites for hydroxylation is 2. The van der Waals surface area contributed by atoms with Crippen LogP contribution in [0.15, 0.2) is 12.1 Å². The molecule has 1 aromatic rings. The zero-order valence-electron chi connectivity index (χ0n) is 11.9. The third kappa shape index (κ3) is 3.04. The Morgan fingerprint density at radius 3 is 2.67 bits per heavy atom. The van der Waals surface area contributed by atoms with Gasteiger partial charge in [0.1, 0.15) is 5.75 Å². The van der Waals surface area contributed by atoms with Gasteiger partial charge < -0.3 is 15.6 Å². The Bertz CT molecular complexity index is 623. The first-order chi connectivity index (χ1) is 9.79. The van der Waals surface area contributed by atoms with E-state index in [0.29, 0.717) is 5.56 Å². The van der Waals surface area contributed by atoms with E-state index in [1.165, 1.54) is 6.07 Å². The van der Waals surface area contributed by atoms with Gasteiger partial charge in [-0.15, -0.1) is 0 Å². The van der Waals surface area contributed by atoms with E-state index in [9.17, 15) is 19.5 Å². The van der Waals surface area contributed by atoms with Gasteiger partial charge >= 0.3 is 5.97 Å².